The number of rotatable bonds is 17. The zero-order valence-electron chi connectivity index (χ0n) is 40.6. The van der Waals surface area contributed by atoms with E-state index < -0.39 is 36.6 Å². The molecular formula is C52H63F2N11O5. The number of aryl methyl sites for hydroxylation is 1. The molecule has 370 valence electrons. The maximum atomic E-state index is 14.2. The first kappa shape index (κ1) is 50.9. The molecule has 5 N–H and O–H groups in total. The SMILES string of the molecule is C#Cc1ccc([C@H](CC(=O)N2CCN(c3ccc(Nc4cc(-c5ccc(OC[C@@H](N)CC(C)(C)C)c(C(F)F)c5)ccn4)cn3)CC2)NC(=O)[C@@H]2C[C@H](O)CN2C(=O)C(C(C)C)n2cc(C)nn2)cc1. The van der Waals surface area contributed by atoms with Gasteiger partial charge >= 0.3 is 0 Å². The summed E-state index contributed by atoms with van der Waals surface area (Å²) in [6.45, 7) is 13.7. The van der Waals surface area contributed by atoms with E-state index in [1.165, 1.54) is 15.6 Å². The van der Waals surface area contributed by atoms with Gasteiger partial charge in [0.15, 0.2) is 0 Å². The summed E-state index contributed by atoms with van der Waals surface area (Å²) >= 11 is 0. The molecule has 0 spiro atoms. The maximum Gasteiger partial charge on any atom is 0.267 e. The summed E-state index contributed by atoms with van der Waals surface area (Å²) in [5.41, 5.74) is 9.87. The van der Waals surface area contributed by atoms with Gasteiger partial charge in [0.2, 0.25) is 17.7 Å². The van der Waals surface area contributed by atoms with E-state index in [9.17, 15) is 28.3 Å². The van der Waals surface area contributed by atoms with E-state index >= 15 is 0 Å². The molecule has 5 heterocycles. The summed E-state index contributed by atoms with van der Waals surface area (Å²) in [7, 11) is 0. The summed E-state index contributed by atoms with van der Waals surface area (Å²) in [5.74, 6) is 2.73. The lowest BCUT2D eigenvalue weighted by atomic mass is 9.89. The van der Waals surface area contributed by atoms with Crippen LogP contribution in [0.3, 0.4) is 0 Å². The number of β-amino-alcohol motifs (C(OH)–C–C–N with tert-alkyl or cyclic N) is 1. The monoisotopic (exact) mass is 959 g/mol. The van der Waals surface area contributed by atoms with E-state index in [-0.39, 0.29) is 66.5 Å². The Hall–Kier alpha value is -6.97. The largest absolute Gasteiger partial charge is 0.491 e. The lowest BCUT2D eigenvalue weighted by Crippen LogP contribution is -2.51. The number of piperazine rings is 1. The quantitative estimate of drug-likeness (QED) is 0.0730. The molecule has 3 aromatic heterocycles. The van der Waals surface area contributed by atoms with Crippen LogP contribution in [0.5, 0.6) is 5.75 Å². The van der Waals surface area contributed by atoms with E-state index in [1.54, 1.807) is 78.9 Å². The number of amides is 3. The number of terminal acetylenes is 1. The molecule has 0 bridgehead atoms. The van der Waals surface area contributed by atoms with Gasteiger partial charge in [-0.1, -0.05) is 64.0 Å². The summed E-state index contributed by atoms with van der Waals surface area (Å²) in [4.78, 5) is 56.6. The zero-order chi connectivity index (χ0) is 50.3. The summed E-state index contributed by atoms with van der Waals surface area (Å²) in [6, 6.07) is 16.3. The molecule has 0 saturated carbocycles. The fraction of sp³-hybridized carbons (Fsp3) is 0.442. The Labute approximate surface area is 408 Å². The summed E-state index contributed by atoms with van der Waals surface area (Å²) in [5, 5.41) is 25.2. The number of hydrogen-bond acceptors (Lipinski definition) is 12. The Morgan fingerprint density at radius 1 is 0.986 bits per heavy atom. The molecular weight excluding hydrogens is 897 g/mol. The van der Waals surface area contributed by atoms with Gasteiger partial charge in [-0.2, -0.15) is 0 Å². The number of likely N-dealkylation sites (tertiary alicyclic amines) is 1. The lowest BCUT2D eigenvalue weighted by Gasteiger charge is -2.36. The highest BCUT2D eigenvalue weighted by Gasteiger charge is 2.43. The first-order valence-electron chi connectivity index (χ1n) is 23.6. The van der Waals surface area contributed by atoms with Gasteiger partial charge in [0, 0.05) is 63.1 Å². The molecule has 2 aliphatic rings. The van der Waals surface area contributed by atoms with Crippen molar-refractivity contribution in [2.75, 3.05) is 49.5 Å². The van der Waals surface area contributed by atoms with Crippen LogP contribution in [0.15, 0.2) is 85.3 Å². The molecule has 0 aliphatic carbocycles. The molecule has 5 aromatic rings. The van der Waals surface area contributed by atoms with Gasteiger partial charge in [-0.15, -0.1) is 11.5 Å². The molecule has 1 unspecified atom stereocenters. The van der Waals surface area contributed by atoms with E-state index in [1.807, 2.05) is 26.0 Å². The van der Waals surface area contributed by atoms with Crippen LogP contribution >= 0.6 is 0 Å². The van der Waals surface area contributed by atoms with Crippen LogP contribution < -0.4 is 26.0 Å². The minimum atomic E-state index is -2.75. The lowest BCUT2D eigenvalue weighted by molar-refractivity contribution is -0.143. The molecule has 7 rings (SSSR count). The van der Waals surface area contributed by atoms with Gasteiger partial charge in [-0.05, 0) is 89.9 Å². The smallest absolute Gasteiger partial charge is 0.267 e. The summed E-state index contributed by atoms with van der Waals surface area (Å²) < 4.78 is 35.7. The Bertz CT molecular complexity index is 2640. The normalized spacial score (nSPS) is 17.6. The van der Waals surface area contributed by atoms with Crippen molar-refractivity contribution in [1.29, 1.82) is 0 Å². The Morgan fingerprint density at radius 2 is 1.71 bits per heavy atom. The highest BCUT2D eigenvalue weighted by atomic mass is 19.3. The third kappa shape index (κ3) is 12.8. The number of halogens is 2. The van der Waals surface area contributed by atoms with Crippen molar-refractivity contribution in [2.45, 2.75) is 97.5 Å². The number of alkyl halides is 2. The van der Waals surface area contributed by atoms with E-state index in [4.69, 9.17) is 16.9 Å². The van der Waals surface area contributed by atoms with Crippen LogP contribution in [-0.2, 0) is 14.4 Å². The van der Waals surface area contributed by atoms with Crippen molar-refractivity contribution < 1.29 is 33.0 Å². The first-order chi connectivity index (χ1) is 33.3. The van der Waals surface area contributed by atoms with Crippen LogP contribution in [0.25, 0.3) is 11.1 Å². The number of pyridine rings is 2. The van der Waals surface area contributed by atoms with Gasteiger partial charge in [0.25, 0.3) is 6.43 Å². The summed E-state index contributed by atoms with van der Waals surface area (Å²) in [6.07, 6.45) is 7.61. The third-order valence-corrected chi connectivity index (χ3v) is 12.5. The van der Waals surface area contributed by atoms with Crippen LogP contribution in [0.2, 0.25) is 0 Å². The molecule has 3 amide bonds. The molecule has 18 heteroatoms. The maximum absolute atomic E-state index is 14.2. The average molecular weight is 960 g/mol. The Kier molecular flexibility index (Phi) is 16.1. The Balaban J connectivity index is 0.961. The van der Waals surface area contributed by atoms with Crippen molar-refractivity contribution in [3.05, 3.63) is 108 Å². The number of aliphatic hydroxyl groups excluding tert-OH is 1. The van der Waals surface area contributed by atoms with Crippen molar-refractivity contribution in [3.8, 4) is 29.2 Å². The Morgan fingerprint density at radius 3 is 2.34 bits per heavy atom. The predicted molar refractivity (Wildman–Crippen MR) is 263 cm³/mol. The van der Waals surface area contributed by atoms with Crippen LogP contribution in [0.4, 0.5) is 26.1 Å². The van der Waals surface area contributed by atoms with Crippen LogP contribution in [-0.4, -0.2) is 115 Å². The second kappa shape index (κ2) is 22.2. The molecule has 2 saturated heterocycles. The highest BCUT2D eigenvalue weighted by Crippen LogP contribution is 2.35. The van der Waals surface area contributed by atoms with Gasteiger partial charge in [0.05, 0.1) is 41.7 Å². The first-order valence-corrected chi connectivity index (χ1v) is 23.6. The predicted octanol–water partition coefficient (Wildman–Crippen LogP) is 6.60. The molecule has 16 nitrogen and oxygen atoms in total. The van der Waals surface area contributed by atoms with E-state index in [2.05, 4.69) is 62.5 Å². The fourth-order valence-electron chi connectivity index (χ4n) is 9.05. The van der Waals surface area contributed by atoms with Gasteiger partial charge in [-0.3, -0.25) is 14.4 Å². The fourth-order valence-corrected chi connectivity index (χ4v) is 9.05. The molecule has 2 aromatic carbocycles. The van der Waals surface area contributed by atoms with Crippen molar-refractivity contribution in [3.63, 3.8) is 0 Å². The van der Waals surface area contributed by atoms with E-state index in [0.717, 1.165) is 5.82 Å². The number of carbonyl (C=O) groups is 3. The number of benzene rings is 2. The number of nitrogens with zero attached hydrogens (tertiary/aromatic N) is 8. The van der Waals surface area contributed by atoms with Crippen molar-refractivity contribution in [1.82, 2.24) is 40.1 Å². The van der Waals surface area contributed by atoms with Crippen LogP contribution in [0, 0.1) is 30.6 Å². The minimum Gasteiger partial charge on any atom is -0.491 e. The number of anilines is 3. The standard InChI is InChI=1S/C52H63F2N11O5/c1-8-34-9-11-35(12-10-34)42(59-50(68)43-25-40(66)30-64(43)51(69)48(32(2)3)65-29-33(4)60-61-65)26-47(67)63-21-19-62(20-22-63)46-16-14-39(28-57-46)58-45-24-37(17-18-56-45)36-13-15-44(41(23-36)49(53)54)70-31-38(55)27-52(5,6)7/h1,9-18,23-24,28-29,32,38,40,42-43,48-49,66H,19-22,25-27,30-31,55H2,2-7H3,(H,56,58)(H,59,68)/t38-,40-,42-,43-,48?/m0/s1. The minimum absolute atomic E-state index is 0.0171. The zero-order valence-corrected chi connectivity index (χ0v) is 40.6. The second-order valence-corrected chi connectivity index (χ2v) is 19.7. The number of aliphatic hydroxyl groups is 1. The number of carbonyl (C=O) groups excluding carboxylic acids is 3. The topological polar surface area (TPSA) is 197 Å². The number of hydrogen-bond donors (Lipinski definition) is 4. The molecule has 2 aliphatic heterocycles. The van der Waals surface area contributed by atoms with Crippen LogP contribution in [0.1, 0.15) is 94.8 Å². The number of nitrogens with two attached hydrogens (primary N) is 1. The number of ether oxygens (including phenoxy) is 1. The molecule has 2 fully saturated rings. The van der Waals surface area contributed by atoms with Crippen molar-refractivity contribution in [2.24, 2.45) is 17.1 Å². The van der Waals surface area contributed by atoms with Gasteiger partial charge in [0.1, 0.15) is 36.1 Å². The molecule has 70 heavy (non-hydrogen) atoms. The molecule has 5 atom stereocenters. The molecule has 0 radical (unpaired) electrons. The highest BCUT2D eigenvalue weighted by molar-refractivity contribution is 5.90. The third-order valence-electron chi connectivity index (χ3n) is 12.5. The second-order valence-electron chi connectivity index (χ2n) is 19.7. The van der Waals surface area contributed by atoms with Gasteiger partial charge < -0.3 is 40.9 Å². The van der Waals surface area contributed by atoms with Crippen molar-refractivity contribution >= 4 is 35.0 Å². The number of aromatic nitrogens is 5. The van der Waals surface area contributed by atoms with Gasteiger partial charge in [-0.25, -0.2) is 23.4 Å². The number of nitrogens with one attached hydrogen (secondary N) is 2. The van der Waals surface area contributed by atoms with E-state index in [0.29, 0.717) is 72.1 Å². The average Bonchev–Trinajstić information content (AvgIpc) is 3.95.